The molecule has 1 aromatic heterocycles. The van der Waals surface area contributed by atoms with Gasteiger partial charge in [0.05, 0.1) is 22.3 Å². The lowest BCUT2D eigenvalue weighted by Crippen LogP contribution is -2.05. The van der Waals surface area contributed by atoms with E-state index in [4.69, 9.17) is 4.42 Å². The van der Waals surface area contributed by atoms with Crippen molar-refractivity contribution in [3.8, 4) is 28.2 Å². The number of hydrogen-bond acceptors (Lipinski definition) is 6. The van der Waals surface area contributed by atoms with Gasteiger partial charge in [0.15, 0.2) is 5.43 Å². The smallest absolute Gasteiger partial charge is 0.336 e. The van der Waals surface area contributed by atoms with Crippen molar-refractivity contribution >= 4 is 33.5 Å². The number of nitrogens with one attached hydrogen (secondary N) is 1. The Kier molecular flexibility index (Phi) is 5.31. The first kappa shape index (κ1) is 22.3. The third kappa shape index (κ3) is 3.83. The summed E-state index contributed by atoms with van der Waals surface area (Å²) in [5.41, 5.74) is 3.99. The van der Waals surface area contributed by atoms with Gasteiger partial charge >= 0.3 is 5.97 Å². The molecule has 0 unspecified atom stereocenters. The van der Waals surface area contributed by atoms with Crippen LogP contribution in [0.4, 0.5) is 5.69 Å². The minimum Gasteiger partial charge on any atom is -0.507 e. The second kappa shape index (κ2) is 8.80. The largest absolute Gasteiger partial charge is 0.507 e. The van der Waals surface area contributed by atoms with E-state index in [0.717, 1.165) is 16.6 Å². The van der Waals surface area contributed by atoms with Gasteiger partial charge in [-0.25, -0.2) is 4.79 Å². The van der Waals surface area contributed by atoms with E-state index in [9.17, 15) is 19.8 Å². The highest BCUT2D eigenvalue weighted by Crippen LogP contribution is 2.43. The summed E-state index contributed by atoms with van der Waals surface area (Å²) < 4.78 is 6.21. The lowest BCUT2D eigenvalue weighted by atomic mass is 9.90. The number of rotatable bonds is 5. The van der Waals surface area contributed by atoms with E-state index < -0.39 is 5.97 Å². The highest BCUT2D eigenvalue weighted by Gasteiger charge is 2.23. The summed E-state index contributed by atoms with van der Waals surface area (Å²) in [7, 11) is 0. The van der Waals surface area contributed by atoms with Crippen molar-refractivity contribution in [2.24, 2.45) is 0 Å². The quantitative estimate of drug-likeness (QED) is 0.250. The predicted octanol–water partition coefficient (Wildman–Crippen LogP) is 6.13. The maximum Gasteiger partial charge on any atom is 0.336 e. The van der Waals surface area contributed by atoms with E-state index in [0.29, 0.717) is 39.0 Å². The zero-order valence-corrected chi connectivity index (χ0v) is 19.4. The number of pyridine rings is 1. The number of para-hydroxylation sites is 1. The molecule has 0 saturated carbocycles. The Morgan fingerprint density at radius 3 is 2.62 bits per heavy atom. The van der Waals surface area contributed by atoms with Crippen LogP contribution in [0, 0.1) is 0 Å². The Morgan fingerprint density at radius 2 is 1.76 bits per heavy atom. The van der Waals surface area contributed by atoms with Crippen molar-refractivity contribution in [1.29, 1.82) is 0 Å². The number of aromatic carboxylic acids is 1. The number of phenolic OH excluding ortho intramolecular Hbond substituents is 1. The summed E-state index contributed by atoms with van der Waals surface area (Å²) in [6, 6.07) is 24.0. The second-order valence-electron chi connectivity index (χ2n) is 8.66. The molecule has 7 heteroatoms. The maximum atomic E-state index is 12.2. The summed E-state index contributed by atoms with van der Waals surface area (Å²) >= 11 is 0. The van der Waals surface area contributed by atoms with Gasteiger partial charge in [-0.2, -0.15) is 0 Å². The van der Waals surface area contributed by atoms with Gasteiger partial charge in [0, 0.05) is 40.7 Å². The first-order chi connectivity index (χ1) is 18.0. The SMILES string of the molecule is O=C(O)c1ccccc1-c1c2ccc(=O)cc-2oc2c(CNc3cccc4cccnc34)c(O)ccc12. The Morgan fingerprint density at radius 1 is 0.919 bits per heavy atom. The predicted molar refractivity (Wildman–Crippen MR) is 142 cm³/mol. The third-order valence-electron chi connectivity index (χ3n) is 6.45. The Bertz CT molecular complexity index is 1850. The number of anilines is 1. The number of nitrogens with zero attached hydrogens (tertiary/aromatic N) is 1. The number of phenols is 1. The standard InChI is InChI=1S/C30H20N2O5/c33-18-10-11-21-26(15-18)37-29-22(27(21)19-7-1-2-8-20(19)30(35)36)12-13-25(34)23(29)16-32-24-9-3-5-17-6-4-14-31-28(17)24/h1-15,32,34H,16H2,(H,35,36). The van der Waals surface area contributed by atoms with E-state index >= 15 is 0 Å². The molecule has 3 N–H and O–H groups in total. The molecule has 0 radical (unpaired) electrons. The maximum absolute atomic E-state index is 12.2. The third-order valence-corrected chi connectivity index (χ3v) is 6.45. The molecule has 4 aromatic rings. The second-order valence-corrected chi connectivity index (χ2v) is 8.66. The summed E-state index contributed by atoms with van der Waals surface area (Å²) in [4.78, 5) is 28.8. The lowest BCUT2D eigenvalue weighted by molar-refractivity contribution is 0.0697. The Balaban J connectivity index is 1.59. The number of carboxylic acids is 1. The molecule has 0 fully saturated rings. The topological polar surface area (TPSA) is 113 Å². The van der Waals surface area contributed by atoms with Crippen molar-refractivity contribution in [3.63, 3.8) is 0 Å². The van der Waals surface area contributed by atoms with E-state index in [-0.39, 0.29) is 23.3 Å². The molecule has 180 valence electrons. The number of carbonyl (C=O) groups is 1. The van der Waals surface area contributed by atoms with Gasteiger partial charge in [-0.1, -0.05) is 36.4 Å². The van der Waals surface area contributed by atoms with Crippen LogP contribution >= 0.6 is 0 Å². The van der Waals surface area contributed by atoms with Crippen LogP contribution in [0.3, 0.4) is 0 Å². The average molecular weight is 488 g/mol. The van der Waals surface area contributed by atoms with Crippen molar-refractivity contribution in [3.05, 3.63) is 112 Å². The molecule has 7 nitrogen and oxygen atoms in total. The van der Waals surface area contributed by atoms with Crippen LogP contribution in [0.5, 0.6) is 5.75 Å². The highest BCUT2D eigenvalue weighted by atomic mass is 16.4. The van der Waals surface area contributed by atoms with Gasteiger partial charge in [-0.3, -0.25) is 9.78 Å². The van der Waals surface area contributed by atoms with E-state index in [1.807, 2.05) is 30.3 Å². The van der Waals surface area contributed by atoms with Gasteiger partial charge in [0.1, 0.15) is 17.1 Å². The molecular weight excluding hydrogens is 468 g/mol. The number of benzene rings is 4. The minimum absolute atomic E-state index is 0.00652. The number of hydrogen-bond donors (Lipinski definition) is 3. The van der Waals surface area contributed by atoms with Gasteiger partial charge in [-0.15, -0.1) is 0 Å². The molecule has 2 aliphatic rings. The number of aromatic hydroxyl groups is 1. The molecule has 6 rings (SSSR count). The first-order valence-electron chi connectivity index (χ1n) is 11.6. The van der Waals surface area contributed by atoms with Crippen LogP contribution in [0.15, 0.2) is 100 Å². The molecule has 1 aliphatic heterocycles. The van der Waals surface area contributed by atoms with Crippen LogP contribution in [0.2, 0.25) is 0 Å². The highest BCUT2D eigenvalue weighted by molar-refractivity contribution is 6.08. The first-order valence-corrected chi connectivity index (χ1v) is 11.6. The summed E-state index contributed by atoms with van der Waals surface area (Å²) in [5, 5.41) is 25.7. The normalized spacial score (nSPS) is 11.2. The molecule has 0 amide bonds. The zero-order chi connectivity index (χ0) is 25.5. The van der Waals surface area contributed by atoms with E-state index in [1.54, 1.807) is 42.6 Å². The fourth-order valence-electron chi connectivity index (χ4n) is 4.76. The summed E-state index contributed by atoms with van der Waals surface area (Å²) in [5.74, 6) is -0.761. The van der Waals surface area contributed by atoms with Gasteiger partial charge in [0.2, 0.25) is 0 Å². The molecular formula is C30H20N2O5. The van der Waals surface area contributed by atoms with Crippen LogP contribution in [-0.4, -0.2) is 21.2 Å². The fourth-order valence-corrected chi connectivity index (χ4v) is 4.76. The number of aromatic nitrogens is 1. The average Bonchev–Trinajstić information content (AvgIpc) is 2.91. The Hall–Kier alpha value is -5.17. The van der Waals surface area contributed by atoms with Crippen LogP contribution in [-0.2, 0) is 6.54 Å². The Labute approximate surface area is 210 Å². The molecule has 0 saturated heterocycles. The minimum atomic E-state index is -1.07. The summed E-state index contributed by atoms with van der Waals surface area (Å²) in [6.07, 6.45) is 1.72. The van der Waals surface area contributed by atoms with Gasteiger partial charge < -0.3 is 19.9 Å². The molecule has 0 atom stereocenters. The van der Waals surface area contributed by atoms with Crippen molar-refractivity contribution in [2.45, 2.75) is 6.54 Å². The number of carboxylic acid groups (broad SMARTS) is 1. The van der Waals surface area contributed by atoms with E-state index in [2.05, 4.69) is 10.3 Å². The van der Waals surface area contributed by atoms with Crippen molar-refractivity contribution in [2.75, 3.05) is 5.32 Å². The van der Waals surface area contributed by atoms with Crippen molar-refractivity contribution < 1.29 is 19.4 Å². The lowest BCUT2D eigenvalue weighted by Gasteiger charge is -2.19. The molecule has 3 aromatic carbocycles. The molecule has 2 heterocycles. The molecule has 0 spiro atoms. The zero-order valence-electron chi connectivity index (χ0n) is 19.4. The van der Waals surface area contributed by atoms with Crippen LogP contribution in [0.25, 0.3) is 44.3 Å². The number of fused-ring (bicyclic) bond motifs is 3. The van der Waals surface area contributed by atoms with Crippen LogP contribution in [0.1, 0.15) is 15.9 Å². The monoisotopic (exact) mass is 488 g/mol. The van der Waals surface area contributed by atoms with Gasteiger partial charge in [0.25, 0.3) is 0 Å². The molecule has 1 aliphatic carbocycles. The van der Waals surface area contributed by atoms with Gasteiger partial charge in [-0.05, 0) is 48.0 Å². The van der Waals surface area contributed by atoms with Crippen LogP contribution < -0.4 is 10.7 Å². The summed E-state index contributed by atoms with van der Waals surface area (Å²) in [6.45, 7) is 0.199. The fraction of sp³-hybridized carbons (Fsp3) is 0.0333. The molecule has 0 bridgehead atoms. The van der Waals surface area contributed by atoms with Crippen molar-refractivity contribution in [1.82, 2.24) is 4.98 Å². The van der Waals surface area contributed by atoms with E-state index in [1.165, 1.54) is 18.2 Å². The molecule has 37 heavy (non-hydrogen) atoms.